The van der Waals surface area contributed by atoms with Gasteiger partial charge in [-0.25, -0.2) is 4.52 Å². The van der Waals surface area contributed by atoms with Crippen LogP contribution in [-0.2, 0) is 0 Å². The summed E-state index contributed by atoms with van der Waals surface area (Å²) < 4.78 is 9.49. The molecule has 2 saturated heterocycles. The third kappa shape index (κ3) is 3.46. The molecule has 8 nitrogen and oxygen atoms in total. The van der Waals surface area contributed by atoms with Gasteiger partial charge in [-0.15, -0.1) is 0 Å². The summed E-state index contributed by atoms with van der Waals surface area (Å²) in [5.41, 5.74) is 4.69. The van der Waals surface area contributed by atoms with Crippen LogP contribution < -0.4 is 10.1 Å². The van der Waals surface area contributed by atoms with Crippen LogP contribution in [0.4, 0.5) is 0 Å². The zero-order valence-corrected chi connectivity index (χ0v) is 19.3. The van der Waals surface area contributed by atoms with E-state index in [1.165, 1.54) is 6.54 Å². The largest absolute Gasteiger partial charge is 0.494 e. The second kappa shape index (κ2) is 7.91. The lowest BCUT2D eigenvalue weighted by molar-refractivity contribution is 0.0699. The summed E-state index contributed by atoms with van der Waals surface area (Å²) in [7, 11) is 1.62. The van der Waals surface area contributed by atoms with E-state index in [-0.39, 0.29) is 5.54 Å². The lowest BCUT2D eigenvalue weighted by atomic mass is 9.79. The normalized spacial score (nSPS) is 21.4. The summed E-state index contributed by atoms with van der Waals surface area (Å²) in [6, 6.07) is 4.58. The molecule has 32 heavy (non-hydrogen) atoms. The Morgan fingerprint density at radius 1 is 1.25 bits per heavy atom. The number of nitrogens with zero attached hydrogens (tertiary/aromatic N) is 6. The predicted octanol–water partition coefficient (Wildman–Crippen LogP) is 3.02. The fourth-order valence-corrected chi connectivity index (χ4v) is 5.15. The number of piperidine rings is 1. The van der Waals surface area contributed by atoms with Gasteiger partial charge in [-0.05, 0) is 39.7 Å². The molecular weight excluding hydrogens is 402 g/mol. The minimum Gasteiger partial charge on any atom is -0.494 e. The van der Waals surface area contributed by atoms with Gasteiger partial charge in [0.25, 0.3) is 0 Å². The molecule has 5 rings (SSSR count). The van der Waals surface area contributed by atoms with Crippen LogP contribution in [0.2, 0.25) is 0 Å². The average molecular weight is 434 g/mol. The van der Waals surface area contributed by atoms with Crippen LogP contribution in [-0.4, -0.2) is 63.1 Å². The Morgan fingerprint density at radius 2 is 2.03 bits per heavy atom. The van der Waals surface area contributed by atoms with Crippen molar-refractivity contribution in [1.29, 1.82) is 5.26 Å². The lowest BCUT2D eigenvalue weighted by Crippen LogP contribution is -2.64. The molecule has 2 fully saturated rings. The number of nitriles is 1. The molecule has 1 N–H and O–H groups in total. The number of hydrogen-bond donors (Lipinski definition) is 1. The second-order valence-electron chi connectivity index (χ2n) is 9.68. The minimum atomic E-state index is 0.273. The molecule has 3 aromatic rings. The van der Waals surface area contributed by atoms with E-state index in [9.17, 15) is 5.26 Å². The van der Waals surface area contributed by atoms with E-state index in [1.807, 2.05) is 18.5 Å². The quantitative estimate of drug-likeness (QED) is 0.666. The molecule has 2 aliphatic rings. The van der Waals surface area contributed by atoms with Gasteiger partial charge in [0.05, 0.1) is 25.5 Å². The van der Waals surface area contributed by atoms with Crippen molar-refractivity contribution in [3.63, 3.8) is 0 Å². The van der Waals surface area contributed by atoms with E-state index in [0.29, 0.717) is 22.9 Å². The number of fused-ring (bicyclic) bond motifs is 1. The molecule has 1 unspecified atom stereocenters. The molecule has 0 saturated carbocycles. The van der Waals surface area contributed by atoms with Gasteiger partial charge in [-0.2, -0.15) is 15.5 Å². The monoisotopic (exact) mass is 433 g/mol. The van der Waals surface area contributed by atoms with Gasteiger partial charge in [0.15, 0.2) is 0 Å². The van der Waals surface area contributed by atoms with E-state index in [1.54, 1.807) is 17.8 Å². The van der Waals surface area contributed by atoms with Gasteiger partial charge < -0.3 is 15.0 Å². The number of aromatic nitrogens is 4. The van der Waals surface area contributed by atoms with E-state index >= 15 is 0 Å². The van der Waals surface area contributed by atoms with Crippen LogP contribution in [0, 0.1) is 24.2 Å². The molecule has 0 radical (unpaired) electrons. The van der Waals surface area contributed by atoms with Crippen molar-refractivity contribution in [2.45, 2.75) is 45.2 Å². The average Bonchev–Trinajstić information content (AvgIpc) is 3.39. The van der Waals surface area contributed by atoms with Crippen molar-refractivity contribution in [2.75, 3.05) is 33.3 Å². The van der Waals surface area contributed by atoms with E-state index in [4.69, 9.17) is 9.84 Å². The number of likely N-dealkylation sites (tertiary alicyclic amines) is 1. The summed E-state index contributed by atoms with van der Waals surface area (Å²) >= 11 is 0. The number of ether oxygens (including phenoxy) is 1. The predicted molar refractivity (Wildman–Crippen MR) is 123 cm³/mol. The number of hydrogen-bond acceptors (Lipinski definition) is 6. The third-order valence-corrected chi connectivity index (χ3v) is 7.48. The van der Waals surface area contributed by atoms with Gasteiger partial charge in [0.1, 0.15) is 22.9 Å². The zero-order valence-electron chi connectivity index (χ0n) is 19.3. The molecule has 0 aliphatic carbocycles. The Balaban J connectivity index is 1.34. The molecule has 0 amide bonds. The zero-order chi connectivity index (χ0) is 22.5. The maximum Gasteiger partial charge on any atom is 0.146 e. The van der Waals surface area contributed by atoms with Gasteiger partial charge in [-0.1, -0.05) is 0 Å². The van der Waals surface area contributed by atoms with Crippen LogP contribution in [0.3, 0.4) is 0 Å². The number of nitrogens with one attached hydrogen (secondary N) is 1. The van der Waals surface area contributed by atoms with E-state index < -0.39 is 0 Å². The van der Waals surface area contributed by atoms with Crippen molar-refractivity contribution in [3.05, 3.63) is 35.9 Å². The molecule has 2 aliphatic heterocycles. The maximum absolute atomic E-state index is 9.35. The minimum absolute atomic E-state index is 0.273. The summed E-state index contributed by atoms with van der Waals surface area (Å²) in [6.45, 7) is 11.3. The van der Waals surface area contributed by atoms with Crippen molar-refractivity contribution in [1.82, 2.24) is 29.6 Å². The summed E-state index contributed by atoms with van der Waals surface area (Å²) in [5, 5.41) is 22.0. The van der Waals surface area contributed by atoms with Gasteiger partial charge in [0.2, 0.25) is 0 Å². The number of rotatable bonds is 5. The first-order chi connectivity index (χ1) is 15.4. The molecule has 3 aromatic heterocycles. The Labute approximate surface area is 188 Å². The van der Waals surface area contributed by atoms with E-state index in [2.05, 4.69) is 46.8 Å². The molecule has 0 bridgehead atoms. The Morgan fingerprint density at radius 3 is 2.66 bits per heavy atom. The molecule has 0 aromatic carbocycles. The lowest BCUT2D eigenvalue weighted by Gasteiger charge is -2.48. The fraction of sp³-hybridized carbons (Fsp3) is 0.542. The number of methoxy groups -OCH3 is 1. The van der Waals surface area contributed by atoms with Gasteiger partial charge in [0, 0.05) is 60.7 Å². The van der Waals surface area contributed by atoms with Crippen molar-refractivity contribution >= 4 is 5.52 Å². The molecule has 1 atom stereocenters. The van der Waals surface area contributed by atoms with Crippen molar-refractivity contribution < 1.29 is 4.74 Å². The highest BCUT2D eigenvalue weighted by molar-refractivity contribution is 5.75. The second-order valence-corrected chi connectivity index (χ2v) is 9.68. The molecule has 0 spiro atoms. The molecule has 8 heteroatoms. The summed E-state index contributed by atoms with van der Waals surface area (Å²) in [4.78, 5) is 2.62. The highest BCUT2D eigenvalue weighted by Gasteiger charge is 2.39. The van der Waals surface area contributed by atoms with Crippen molar-refractivity contribution in [2.24, 2.45) is 5.92 Å². The summed E-state index contributed by atoms with van der Waals surface area (Å²) in [6.07, 6.45) is 7.71. The van der Waals surface area contributed by atoms with Crippen LogP contribution >= 0.6 is 0 Å². The molecular formula is C24H31N7O. The first-order valence-corrected chi connectivity index (χ1v) is 11.4. The first kappa shape index (κ1) is 21.0. The Hall–Kier alpha value is -2.89. The summed E-state index contributed by atoms with van der Waals surface area (Å²) in [5.74, 6) is 1.39. The SMILES string of the molecule is COc1cc(-c2cnn(C3CCN(CC4CNC4(C)C)CC3)c2C)cn2ncc(C#N)c12. The first-order valence-electron chi connectivity index (χ1n) is 11.4. The topological polar surface area (TPSA) is 83.4 Å². The van der Waals surface area contributed by atoms with Crippen LogP contribution in [0.25, 0.3) is 16.6 Å². The van der Waals surface area contributed by atoms with Crippen LogP contribution in [0.5, 0.6) is 5.75 Å². The number of pyridine rings is 1. The highest BCUT2D eigenvalue weighted by atomic mass is 16.5. The standard InChI is InChI=1S/C24H31N7O/c1-16-21(17-9-22(32-4)23-18(10-25)11-27-30(23)14-17)13-28-31(16)20-5-7-29(8-6-20)15-19-12-26-24(19,2)3/h9,11,13-14,19-20,26H,5-8,12,15H2,1-4H3. The van der Waals surface area contributed by atoms with Crippen molar-refractivity contribution in [3.8, 4) is 22.9 Å². The Kier molecular flexibility index (Phi) is 5.19. The van der Waals surface area contributed by atoms with Gasteiger partial charge in [-0.3, -0.25) is 4.68 Å². The Bertz CT molecular complexity index is 1180. The van der Waals surface area contributed by atoms with Gasteiger partial charge >= 0.3 is 0 Å². The smallest absolute Gasteiger partial charge is 0.146 e. The highest BCUT2D eigenvalue weighted by Crippen LogP contribution is 2.34. The molecule has 168 valence electrons. The molecule has 5 heterocycles. The van der Waals surface area contributed by atoms with E-state index in [0.717, 1.165) is 55.2 Å². The van der Waals surface area contributed by atoms with Crippen LogP contribution in [0.15, 0.2) is 24.7 Å². The fourth-order valence-electron chi connectivity index (χ4n) is 5.15. The maximum atomic E-state index is 9.35. The third-order valence-electron chi connectivity index (χ3n) is 7.48. The van der Waals surface area contributed by atoms with Crippen LogP contribution in [0.1, 0.15) is 44.0 Å².